The summed E-state index contributed by atoms with van der Waals surface area (Å²) in [5.41, 5.74) is 2.03. The maximum atomic E-state index is 11.0. The molecule has 0 saturated heterocycles. The summed E-state index contributed by atoms with van der Waals surface area (Å²) in [6, 6.07) is 12.1. The Morgan fingerprint density at radius 1 is 1.24 bits per heavy atom. The highest BCUT2D eigenvalue weighted by atomic mass is 35.5. The number of halogens is 1. The number of nitrogens with one attached hydrogen (secondary N) is 1. The number of hydrogen-bond acceptors (Lipinski definition) is 2. The number of H-pyrrole nitrogens is 1. The minimum Gasteiger partial charge on any atom is -0.489 e. The van der Waals surface area contributed by atoms with Gasteiger partial charge >= 0.3 is 5.97 Å². The molecule has 5 heteroatoms. The van der Waals surface area contributed by atoms with Crippen LogP contribution in [0.4, 0.5) is 0 Å². The Kier molecular flexibility index (Phi) is 3.54. The van der Waals surface area contributed by atoms with Crippen LogP contribution in [0.1, 0.15) is 15.9 Å². The fourth-order valence-corrected chi connectivity index (χ4v) is 2.33. The Balaban J connectivity index is 1.86. The van der Waals surface area contributed by atoms with Gasteiger partial charge in [-0.1, -0.05) is 17.7 Å². The van der Waals surface area contributed by atoms with E-state index in [1.165, 1.54) is 0 Å². The molecule has 106 valence electrons. The van der Waals surface area contributed by atoms with Gasteiger partial charge in [0.25, 0.3) is 0 Å². The Morgan fingerprint density at radius 2 is 2.10 bits per heavy atom. The van der Waals surface area contributed by atoms with Crippen molar-refractivity contribution in [2.75, 3.05) is 0 Å². The van der Waals surface area contributed by atoms with Crippen molar-refractivity contribution in [1.82, 2.24) is 4.98 Å². The topological polar surface area (TPSA) is 62.3 Å². The maximum absolute atomic E-state index is 11.0. The molecule has 0 bridgehead atoms. The molecule has 3 rings (SSSR count). The fraction of sp³-hybridized carbons (Fsp3) is 0.0625. The highest BCUT2D eigenvalue weighted by Gasteiger charge is 2.09. The van der Waals surface area contributed by atoms with Crippen molar-refractivity contribution in [1.29, 1.82) is 0 Å². The monoisotopic (exact) mass is 301 g/mol. The predicted octanol–water partition coefficient (Wildman–Crippen LogP) is 4.10. The minimum atomic E-state index is -0.945. The van der Waals surface area contributed by atoms with Gasteiger partial charge < -0.3 is 14.8 Å². The van der Waals surface area contributed by atoms with Crippen molar-refractivity contribution in [3.05, 3.63) is 64.8 Å². The van der Waals surface area contributed by atoms with Gasteiger partial charge in [0.15, 0.2) is 0 Å². The number of hydrogen-bond donors (Lipinski definition) is 2. The highest BCUT2D eigenvalue weighted by Crippen LogP contribution is 2.23. The first-order valence-corrected chi connectivity index (χ1v) is 6.73. The third-order valence-electron chi connectivity index (χ3n) is 3.20. The van der Waals surface area contributed by atoms with Crippen LogP contribution in [-0.4, -0.2) is 16.1 Å². The maximum Gasteiger partial charge on any atom is 0.335 e. The van der Waals surface area contributed by atoms with Gasteiger partial charge in [-0.25, -0.2) is 4.79 Å². The van der Waals surface area contributed by atoms with E-state index in [4.69, 9.17) is 21.4 Å². The Hall–Kier alpha value is -2.46. The molecule has 2 N–H and O–H groups in total. The summed E-state index contributed by atoms with van der Waals surface area (Å²) >= 11 is 5.90. The number of carbonyl (C=O) groups is 1. The molecular weight excluding hydrogens is 290 g/mol. The minimum absolute atomic E-state index is 0.256. The molecule has 4 nitrogen and oxygen atoms in total. The second-order valence-electron chi connectivity index (χ2n) is 4.63. The van der Waals surface area contributed by atoms with Gasteiger partial charge in [-0.05, 0) is 36.4 Å². The van der Waals surface area contributed by atoms with Gasteiger partial charge in [0.2, 0.25) is 0 Å². The van der Waals surface area contributed by atoms with E-state index in [-0.39, 0.29) is 5.56 Å². The molecule has 0 aliphatic carbocycles. The lowest BCUT2D eigenvalue weighted by atomic mass is 10.1. The van der Waals surface area contributed by atoms with Crippen LogP contribution in [0.3, 0.4) is 0 Å². The number of ether oxygens (including phenoxy) is 1. The van der Waals surface area contributed by atoms with Crippen LogP contribution < -0.4 is 4.74 Å². The molecule has 0 saturated carbocycles. The van der Waals surface area contributed by atoms with E-state index in [0.717, 1.165) is 16.5 Å². The smallest absolute Gasteiger partial charge is 0.335 e. The van der Waals surface area contributed by atoms with Crippen molar-refractivity contribution < 1.29 is 14.6 Å². The Labute approximate surface area is 125 Å². The molecule has 0 amide bonds. The molecule has 0 radical (unpaired) electrons. The number of fused-ring (bicyclic) bond motifs is 1. The number of aromatic nitrogens is 1. The van der Waals surface area contributed by atoms with Gasteiger partial charge in [0.05, 0.1) is 5.56 Å². The summed E-state index contributed by atoms with van der Waals surface area (Å²) in [6.07, 6.45) is 1.82. The molecule has 1 aromatic heterocycles. The number of carboxylic acids is 1. The number of carboxylic acid groups (broad SMARTS) is 1. The van der Waals surface area contributed by atoms with Crippen molar-refractivity contribution in [2.24, 2.45) is 0 Å². The summed E-state index contributed by atoms with van der Waals surface area (Å²) in [5.74, 6) is -0.272. The van der Waals surface area contributed by atoms with Crippen LogP contribution >= 0.6 is 11.6 Å². The highest BCUT2D eigenvalue weighted by molar-refractivity contribution is 6.30. The quantitative estimate of drug-likeness (QED) is 0.762. The summed E-state index contributed by atoms with van der Waals surface area (Å²) in [7, 11) is 0. The van der Waals surface area contributed by atoms with E-state index < -0.39 is 5.97 Å². The zero-order chi connectivity index (χ0) is 14.8. The van der Waals surface area contributed by atoms with E-state index in [0.29, 0.717) is 17.4 Å². The summed E-state index contributed by atoms with van der Waals surface area (Å²) in [5, 5.41) is 10.5. The van der Waals surface area contributed by atoms with Crippen molar-refractivity contribution >= 4 is 28.5 Å². The largest absolute Gasteiger partial charge is 0.489 e. The summed E-state index contributed by atoms with van der Waals surface area (Å²) in [4.78, 5) is 14.1. The SMILES string of the molecule is O=C(O)c1ccc2[nH]cc(COc3cccc(Cl)c3)c2c1. The van der Waals surface area contributed by atoms with Crippen LogP contribution in [0, 0.1) is 0 Å². The average molecular weight is 302 g/mol. The lowest BCUT2D eigenvalue weighted by Gasteiger charge is -2.06. The van der Waals surface area contributed by atoms with Crippen LogP contribution in [0.15, 0.2) is 48.7 Å². The first-order chi connectivity index (χ1) is 10.1. The second-order valence-corrected chi connectivity index (χ2v) is 5.06. The van der Waals surface area contributed by atoms with E-state index >= 15 is 0 Å². The van der Waals surface area contributed by atoms with Crippen LogP contribution in [0.5, 0.6) is 5.75 Å². The first-order valence-electron chi connectivity index (χ1n) is 6.35. The van der Waals surface area contributed by atoms with Gasteiger partial charge in [0, 0.05) is 27.7 Å². The summed E-state index contributed by atoms with van der Waals surface area (Å²) < 4.78 is 5.69. The molecule has 0 aliphatic rings. The number of benzene rings is 2. The van der Waals surface area contributed by atoms with Crippen LogP contribution in [0.25, 0.3) is 10.9 Å². The normalized spacial score (nSPS) is 10.7. The summed E-state index contributed by atoms with van der Waals surface area (Å²) in [6.45, 7) is 0.337. The second kappa shape index (κ2) is 5.50. The van der Waals surface area contributed by atoms with E-state index in [1.807, 2.05) is 18.3 Å². The Bertz CT molecular complexity index is 810. The fourth-order valence-electron chi connectivity index (χ4n) is 2.15. The number of aromatic amines is 1. The molecule has 2 aromatic carbocycles. The van der Waals surface area contributed by atoms with E-state index in [9.17, 15) is 4.79 Å². The zero-order valence-corrected chi connectivity index (χ0v) is 11.7. The molecular formula is C16H12ClNO3. The third kappa shape index (κ3) is 2.85. The van der Waals surface area contributed by atoms with Crippen molar-refractivity contribution in [3.8, 4) is 5.75 Å². The molecule has 0 spiro atoms. The third-order valence-corrected chi connectivity index (χ3v) is 3.44. The first kappa shape index (κ1) is 13.5. The molecule has 1 heterocycles. The van der Waals surface area contributed by atoms with Gasteiger partial charge in [-0.3, -0.25) is 0 Å². The lowest BCUT2D eigenvalue weighted by Crippen LogP contribution is -1.97. The zero-order valence-electron chi connectivity index (χ0n) is 11.0. The average Bonchev–Trinajstić information content (AvgIpc) is 2.87. The van der Waals surface area contributed by atoms with E-state index in [2.05, 4.69) is 4.98 Å². The lowest BCUT2D eigenvalue weighted by molar-refractivity contribution is 0.0697. The Morgan fingerprint density at radius 3 is 2.86 bits per heavy atom. The molecule has 0 unspecified atom stereocenters. The van der Waals surface area contributed by atoms with Gasteiger partial charge in [-0.15, -0.1) is 0 Å². The van der Waals surface area contributed by atoms with Crippen LogP contribution in [0.2, 0.25) is 5.02 Å². The molecule has 0 fully saturated rings. The molecule has 0 aliphatic heterocycles. The molecule has 21 heavy (non-hydrogen) atoms. The molecule has 3 aromatic rings. The van der Waals surface area contributed by atoms with Gasteiger partial charge in [0.1, 0.15) is 12.4 Å². The predicted molar refractivity (Wildman–Crippen MR) is 81.0 cm³/mol. The van der Waals surface area contributed by atoms with Crippen LogP contribution in [-0.2, 0) is 6.61 Å². The standard InChI is InChI=1S/C16H12ClNO3/c17-12-2-1-3-13(7-12)21-9-11-8-18-15-5-4-10(16(19)20)6-14(11)15/h1-8,18H,9H2,(H,19,20). The van der Waals surface area contributed by atoms with Crippen molar-refractivity contribution in [2.45, 2.75) is 6.61 Å². The van der Waals surface area contributed by atoms with Crippen molar-refractivity contribution in [3.63, 3.8) is 0 Å². The van der Waals surface area contributed by atoms with Gasteiger partial charge in [-0.2, -0.15) is 0 Å². The number of aromatic carboxylic acids is 1. The molecule has 0 atom stereocenters. The van der Waals surface area contributed by atoms with E-state index in [1.54, 1.807) is 30.3 Å². The number of rotatable bonds is 4.